The highest BCUT2D eigenvalue weighted by Crippen LogP contribution is 2.38. The van der Waals surface area contributed by atoms with E-state index in [1.165, 1.54) is 0 Å². The number of hydrogen-bond acceptors (Lipinski definition) is 5. The van der Waals surface area contributed by atoms with Gasteiger partial charge in [-0.05, 0) is 30.5 Å². The summed E-state index contributed by atoms with van der Waals surface area (Å²) < 4.78 is 33.7. The van der Waals surface area contributed by atoms with Gasteiger partial charge in [0, 0.05) is 18.9 Å². The van der Waals surface area contributed by atoms with Crippen LogP contribution in [0, 0.1) is 5.92 Å². The number of halogens is 2. The van der Waals surface area contributed by atoms with Crippen LogP contribution in [0.3, 0.4) is 0 Å². The molecule has 1 saturated heterocycles. The van der Waals surface area contributed by atoms with Gasteiger partial charge in [0.2, 0.25) is 5.91 Å². The van der Waals surface area contributed by atoms with Crippen molar-refractivity contribution in [3.05, 3.63) is 33.8 Å². The summed E-state index contributed by atoms with van der Waals surface area (Å²) in [5.74, 6) is 0.222. The predicted molar refractivity (Wildman–Crippen MR) is 103 cm³/mol. The summed E-state index contributed by atoms with van der Waals surface area (Å²) in [6, 6.07) is 5.18. The van der Waals surface area contributed by atoms with E-state index >= 15 is 0 Å². The zero-order chi connectivity index (χ0) is 19.7. The lowest BCUT2D eigenvalue weighted by Gasteiger charge is -2.45. The molecular formula is C18H23Cl2NO5S. The molecule has 9 heteroatoms. The first-order valence-corrected chi connectivity index (χ1v) is 11.5. The predicted octanol–water partition coefficient (Wildman–Crippen LogP) is 3.21. The van der Waals surface area contributed by atoms with Crippen LogP contribution in [0.15, 0.2) is 18.2 Å². The Labute approximate surface area is 169 Å². The lowest BCUT2D eigenvalue weighted by atomic mass is 9.83. The normalized spacial score (nSPS) is 23.9. The highest BCUT2D eigenvalue weighted by Gasteiger charge is 2.42. The van der Waals surface area contributed by atoms with Crippen molar-refractivity contribution in [2.45, 2.75) is 31.3 Å². The molecule has 0 radical (unpaired) electrons. The van der Waals surface area contributed by atoms with Crippen molar-refractivity contribution in [2.75, 3.05) is 32.6 Å². The van der Waals surface area contributed by atoms with E-state index in [2.05, 4.69) is 0 Å². The van der Waals surface area contributed by atoms with E-state index in [-0.39, 0.29) is 24.9 Å². The first kappa shape index (κ1) is 20.9. The molecule has 1 aliphatic heterocycles. The monoisotopic (exact) mass is 435 g/mol. The van der Waals surface area contributed by atoms with Gasteiger partial charge in [0.05, 0.1) is 36.1 Å². The highest BCUT2D eigenvalue weighted by molar-refractivity contribution is 7.85. The maximum Gasteiger partial charge on any atom is 0.264 e. The minimum atomic E-state index is -3.57. The van der Waals surface area contributed by atoms with Crippen molar-refractivity contribution in [2.24, 2.45) is 5.92 Å². The van der Waals surface area contributed by atoms with Crippen molar-refractivity contribution >= 4 is 39.2 Å². The summed E-state index contributed by atoms with van der Waals surface area (Å²) in [4.78, 5) is 14.6. The molecule has 1 amide bonds. The summed E-state index contributed by atoms with van der Waals surface area (Å²) in [7, 11) is -3.57. The van der Waals surface area contributed by atoms with Gasteiger partial charge in [-0.25, -0.2) is 0 Å². The SMILES string of the molecule is CS(=O)(=O)OCC[C@@]1(c2ccc(Cl)c(Cl)c2)CN(C(=O)C2CCC2)CCO1. The molecule has 150 valence electrons. The van der Waals surface area contributed by atoms with Crippen LogP contribution in [0.1, 0.15) is 31.2 Å². The van der Waals surface area contributed by atoms with Gasteiger partial charge in [0.15, 0.2) is 0 Å². The summed E-state index contributed by atoms with van der Waals surface area (Å²) in [5.41, 5.74) is -0.142. The van der Waals surface area contributed by atoms with Crippen molar-refractivity contribution in [3.8, 4) is 0 Å². The number of ether oxygens (including phenoxy) is 1. The molecular weight excluding hydrogens is 413 g/mol. The van der Waals surface area contributed by atoms with Gasteiger partial charge in [-0.15, -0.1) is 0 Å². The standard InChI is InChI=1S/C18H23Cl2NO5S/c1-27(23,24)26-9-7-18(14-5-6-15(19)16(20)11-14)12-21(8-10-25-18)17(22)13-3-2-4-13/h5-6,11,13H,2-4,7-10,12H2,1H3/t18-/m0/s1. The van der Waals surface area contributed by atoms with Gasteiger partial charge in [0.1, 0.15) is 5.60 Å². The maximum atomic E-state index is 12.7. The Bertz CT molecular complexity index is 812. The molecule has 2 fully saturated rings. The number of rotatable bonds is 6. The molecule has 1 saturated carbocycles. The van der Waals surface area contributed by atoms with Crippen LogP contribution < -0.4 is 0 Å². The van der Waals surface area contributed by atoms with E-state index < -0.39 is 15.7 Å². The molecule has 3 rings (SSSR count). The van der Waals surface area contributed by atoms with Crippen molar-refractivity contribution < 1.29 is 22.1 Å². The molecule has 1 aromatic carbocycles. The quantitative estimate of drug-likeness (QED) is 0.641. The first-order valence-electron chi connectivity index (χ1n) is 8.93. The smallest absolute Gasteiger partial charge is 0.264 e. The van der Waals surface area contributed by atoms with Crippen LogP contribution in [0.25, 0.3) is 0 Å². The van der Waals surface area contributed by atoms with E-state index in [0.717, 1.165) is 31.1 Å². The molecule has 0 N–H and O–H groups in total. The maximum absolute atomic E-state index is 12.7. The summed E-state index contributed by atoms with van der Waals surface area (Å²) >= 11 is 12.2. The Balaban J connectivity index is 1.86. The molecule has 0 unspecified atom stereocenters. The minimum absolute atomic E-state index is 0.0511. The fourth-order valence-electron chi connectivity index (χ4n) is 3.49. The first-order chi connectivity index (χ1) is 12.7. The summed E-state index contributed by atoms with van der Waals surface area (Å²) in [6.45, 7) is 1.15. The van der Waals surface area contributed by atoms with Crippen LogP contribution in [-0.4, -0.2) is 51.8 Å². The van der Waals surface area contributed by atoms with Gasteiger partial charge < -0.3 is 9.64 Å². The Morgan fingerprint density at radius 2 is 2.07 bits per heavy atom. The molecule has 1 atom stereocenters. The minimum Gasteiger partial charge on any atom is -0.366 e. The molecule has 2 aliphatic rings. The Morgan fingerprint density at radius 1 is 1.33 bits per heavy atom. The van der Waals surface area contributed by atoms with Gasteiger partial charge in [0.25, 0.3) is 10.1 Å². The lowest BCUT2D eigenvalue weighted by Crippen LogP contribution is -2.54. The number of hydrogen-bond donors (Lipinski definition) is 0. The van der Waals surface area contributed by atoms with Crippen LogP contribution in [-0.2, 0) is 29.4 Å². The summed E-state index contributed by atoms with van der Waals surface area (Å²) in [5, 5.41) is 0.796. The molecule has 1 aliphatic carbocycles. The Kier molecular flexibility index (Phi) is 6.37. The Hall–Kier alpha value is -0.860. The lowest BCUT2D eigenvalue weighted by molar-refractivity contribution is -0.161. The summed E-state index contributed by atoms with van der Waals surface area (Å²) in [6.07, 6.45) is 4.21. The molecule has 0 spiro atoms. The zero-order valence-corrected chi connectivity index (χ0v) is 17.4. The second-order valence-electron chi connectivity index (χ2n) is 7.14. The van der Waals surface area contributed by atoms with E-state index in [9.17, 15) is 13.2 Å². The van der Waals surface area contributed by atoms with Crippen molar-refractivity contribution in [3.63, 3.8) is 0 Å². The van der Waals surface area contributed by atoms with E-state index in [1.54, 1.807) is 18.2 Å². The van der Waals surface area contributed by atoms with Crippen LogP contribution in [0.2, 0.25) is 10.0 Å². The molecule has 6 nitrogen and oxygen atoms in total. The molecule has 0 aromatic heterocycles. The van der Waals surface area contributed by atoms with Gasteiger partial charge >= 0.3 is 0 Å². The second kappa shape index (κ2) is 8.25. The van der Waals surface area contributed by atoms with Crippen molar-refractivity contribution in [1.29, 1.82) is 0 Å². The van der Waals surface area contributed by atoms with Crippen molar-refractivity contribution in [1.82, 2.24) is 4.90 Å². The average Bonchev–Trinajstić information content (AvgIpc) is 2.54. The number of carbonyl (C=O) groups is 1. The van der Waals surface area contributed by atoms with Crippen LogP contribution >= 0.6 is 23.2 Å². The molecule has 27 heavy (non-hydrogen) atoms. The van der Waals surface area contributed by atoms with Crippen LogP contribution in [0.5, 0.6) is 0 Å². The number of amides is 1. The third kappa shape index (κ3) is 4.95. The van der Waals surface area contributed by atoms with E-state index in [1.807, 2.05) is 4.90 Å². The fourth-order valence-corrected chi connectivity index (χ4v) is 4.18. The number of carbonyl (C=O) groups excluding carboxylic acids is 1. The fraction of sp³-hybridized carbons (Fsp3) is 0.611. The van der Waals surface area contributed by atoms with E-state index in [4.69, 9.17) is 32.1 Å². The number of benzene rings is 1. The topological polar surface area (TPSA) is 72.9 Å². The molecule has 1 heterocycles. The Morgan fingerprint density at radius 3 is 2.67 bits per heavy atom. The van der Waals surface area contributed by atoms with Gasteiger partial charge in [-0.2, -0.15) is 8.42 Å². The van der Waals surface area contributed by atoms with E-state index in [0.29, 0.717) is 29.7 Å². The molecule has 0 bridgehead atoms. The molecule has 1 aromatic rings. The third-order valence-corrected chi connectivity index (χ3v) is 6.53. The highest BCUT2D eigenvalue weighted by atomic mass is 35.5. The number of morpholine rings is 1. The van der Waals surface area contributed by atoms with Gasteiger partial charge in [-0.1, -0.05) is 35.7 Å². The van der Waals surface area contributed by atoms with Crippen LogP contribution in [0.4, 0.5) is 0 Å². The number of nitrogens with zero attached hydrogens (tertiary/aromatic N) is 1. The average molecular weight is 436 g/mol. The third-order valence-electron chi connectivity index (χ3n) is 5.20. The zero-order valence-electron chi connectivity index (χ0n) is 15.1. The van der Waals surface area contributed by atoms with Gasteiger partial charge in [-0.3, -0.25) is 8.98 Å². The second-order valence-corrected chi connectivity index (χ2v) is 9.59. The largest absolute Gasteiger partial charge is 0.366 e.